The van der Waals surface area contributed by atoms with E-state index in [1.807, 2.05) is 32.0 Å². The summed E-state index contributed by atoms with van der Waals surface area (Å²) in [6.45, 7) is 3.80. The van der Waals surface area contributed by atoms with Crippen molar-refractivity contribution in [3.8, 4) is 11.3 Å². The molecule has 0 spiro atoms. The number of aryl methyl sites for hydroxylation is 2. The third kappa shape index (κ3) is 4.05. The zero-order valence-corrected chi connectivity index (χ0v) is 20.0. The number of fused-ring (bicyclic) bond motifs is 2. The van der Waals surface area contributed by atoms with Gasteiger partial charge in [0.05, 0.1) is 17.0 Å². The molecule has 3 aromatic carbocycles. The molecule has 0 aliphatic heterocycles. The molecule has 0 saturated heterocycles. The van der Waals surface area contributed by atoms with Gasteiger partial charge in [0.2, 0.25) is 0 Å². The van der Waals surface area contributed by atoms with Crippen molar-refractivity contribution in [3.05, 3.63) is 110 Å². The highest BCUT2D eigenvalue weighted by atomic mass is 16.4. The average Bonchev–Trinajstić information content (AvgIpc) is 2.86. The number of carbonyl (C=O) groups is 1. The van der Waals surface area contributed by atoms with E-state index in [9.17, 15) is 19.5 Å². The zero-order valence-electron chi connectivity index (χ0n) is 20.0. The van der Waals surface area contributed by atoms with Gasteiger partial charge in [0, 0.05) is 41.5 Å². The second-order valence-corrected chi connectivity index (χ2v) is 8.96. The molecule has 0 bridgehead atoms. The maximum absolute atomic E-state index is 13.2. The predicted molar refractivity (Wildman–Crippen MR) is 141 cm³/mol. The molecule has 1 atom stereocenters. The van der Waals surface area contributed by atoms with Gasteiger partial charge in [0.1, 0.15) is 11.3 Å². The first-order valence-corrected chi connectivity index (χ1v) is 11.5. The third-order valence-corrected chi connectivity index (χ3v) is 6.36. The van der Waals surface area contributed by atoms with E-state index >= 15 is 0 Å². The van der Waals surface area contributed by atoms with E-state index in [0.717, 1.165) is 16.5 Å². The molecule has 180 valence electrons. The summed E-state index contributed by atoms with van der Waals surface area (Å²) in [6, 6.07) is 18.7. The van der Waals surface area contributed by atoms with Crippen molar-refractivity contribution in [2.24, 2.45) is 7.05 Å². The number of carboxylic acids is 1. The van der Waals surface area contributed by atoms with E-state index in [2.05, 4.69) is 5.32 Å². The van der Waals surface area contributed by atoms with Crippen LogP contribution in [-0.4, -0.2) is 15.6 Å². The van der Waals surface area contributed by atoms with Crippen LogP contribution in [-0.2, 0) is 7.05 Å². The zero-order chi connectivity index (χ0) is 25.6. The number of nitrogens with zero attached hydrogens (tertiary/aromatic N) is 1. The third-order valence-electron chi connectivity index (χ3n) is 6.36. The molecule has 0 aliphatic rings. The van der Waals surface area contributed by atoms with Crippen LogP contribution in [0.1, 0.15) is 34.5 Å². The average molecular weight is 481 g/mol. The number of pyridine rings is 1. The van der Waals surface area contributed by atoms with Gasteiger partial charge >= 0.3 is 5.97 Å². The van der Waals surface area contributed by atoms with Crippen LogP contribution in [0, 0.1) is 6.92 Å². The normalized spacial score (nSPS) is 12.1. The molecule has 0 amide bonds. The van der Waals surface area contributed by atoms with E-state index in [1.165, 1.54) is 16.7 Å². The first-order chi connectivity index (χ1) is 17.2. The van der Waals surface area contributed by atoms with E-state index in [0.29, 0.717) is 33.4 Å². The largest absolute Gasteiger partial charge is 0.478 e. The highest BCUT2D eigenvalue weighted by molar-refractivity contribution is 5.94. The van der Waals surface area contributed by atoms with E-state index in [4.69, 9.17) is 4.42 Å². The molecule has 2 aromatic heterocycles. The Kier molecular flexibility index (Phi) is 5.68. The summed E-state index contributed by atoms with van der Waals surface area (Å²) in [5, 5.41) is 14.6. The minimum absolute atomic E-state index is 0.0988. The lowest BCUT2D eigenvalue weighted by atomic mass is 10.00. The van der Waals surface area contributed by atoms with Gasteiger partial charge in [-0.15, -0.1) is 0 Å². The minimum Gasteiger partial charge on any atom is -0.478 e. The van der Waals surface area contributed by atoms with Crippen LogP contribution in [0.4, 0.5) is 5.69 Å². The topological polar surface area (TPSA) is 102 Å². The van der Waals surface area contributed by atoms with Gasteiger partial charge in [-0.2, -0.15) is 0 Å². The number of rotatable bonds is 5. The highest BCUT2D eigenvalue weighted by Crippen LogP contribution is 2.32. The Morgan fingerprint density at radius 3 is 2.56 bits per heavy atom. The molecule has 7 nitrogen and oxygen atoms in total. The summed E-state index contributed by atoms with van der Waals surface area (Å²) in [7, 11) is 1.70. The van der Waals surface area contributed by atoms with Gasteiger partial charge < -0.3 is 19.4 Å². The smallest absolute Gasteiger partial charge is 0.337 e. The molecule has 1 unspecified atom stereocenters. The quantitative estimate of drug-likeness (QED) is 0.345. The summed E-state index contributed by atoms with van der Waals surface area (Å²) < 4.78 is 7.83. The molecular weight excluding hydrogens is 456 g/mol. The van der Waals surface area contributed by atoms with Gasteiger partial charge in [0.25, 0.3) is 5.56 Å². The molecule has 5 rings (SSSR count). The summed E-state index contributed by atoms with van der Waals surface area (Å²) in [5.74, 6) is -0.641. The number of carboxylic acid groups (broad SMARTS) is 1. The SMILES string of the molecule is Cc1cc(C(C)Nc2ccccc2C(=O)O)c2oc(-c3ccc4c(=O)n(C)ccc4c3)cc(=O)c2c1. The van der Waals surface area contributed by atoms with Crippen LogP contribution in [0.25, 0.3) is 33.1 Å². The Balaban J connectivity index is 1.65. The maximum Gasteiger partial charge on any atom is 0.337 e. The van der Waals surface area contributed by atoms with Gasteiger partial charge in [-0.25, -0.2) is 4.79 Å². The molecule has 0 fully saturated rings. The number of anilines is 1. The fraction of sp³-hybridized carbons (Fsp3) is 0.138. The van der Waals surface area contributed by atoms with Gasteiger partial charge in [-0.3, -0.25) is 9.59 Å². The van der Waals surface area contributed by atoms with Gasteiger partial charge in [-0.1, -0.05) is 24.3 Å². The predicted octanol–water partition coefficient (Wildman–Crippen LogP) is 5.49. The van der Waals surface area contributed by atoms with Gasteiger partial charge in [-0.05, 0) is 61.2 Å². The molecule has 0 aliphatic carbocycles. The second kappa shape index (κ2) is 8.85. The van der Waals surface area contributed by atoms with Crippen LogP contribution in [0.2, 0.25) is 0 Å². The fourth-order valence-corrected chi connectivity index (χ4v) is 4.50. The van der Waals surface area contributed by atoms with Crippen molar-refractivity contribution >= 4 is 33.4 Å². The first-order valence-electron chi connectivity index (χ1n) is 11.5. The Morgan fingerprint density at radius 2 is 1.78 bits per heavy atom. The first kappa shape index (κ1) is 23.1. The molecule has 7 heteroatoms. The van der Waals surface area contributed by atoms with Crippen molar-refractivity contribution in [2.75, 3.05) is 5.32 Å². The summed E-state index contributed by atoms with van der Waals surface area (Å²) in [6.07, 6.45) is 1.70. The summed E-state index contributed by atoms with van der Waals surface area (Å²) >= 11 is 0. The minimum atomic E-state index is -1.03. The lowest BCUT2D eigenvalue weighted by Crippen LogP contribution is -2.15. The van der Waals surface area contributed by atoms with E-state index < -0.39 is 5.97 Å². The van der Waals surface area contributed by atoms with Crippen molar-refractivity contribution in [2.45, 2.75) is 19.9 Å². The van der Waals surface area contributed by atoms with Crippen molar-refractivity contribution in [1.29, 1.82) is 0 Å². The number of hydrogen-bond acceptors (Lipinski definition) is 5. The van der Waals surface area contributed by atoms with Crippen LogP contribution < -0.4 is 16.3 Å². The lowest BCUT2D eigenvalue weighted by molar-refractivity contribution is 0.0698. The second-order valence-electron chi connectivity index (χ2n) is 8.96. The molecule has 2 heterocycles. The summed E-state index contributed by atoms with van der Waals surface area (Å²) in [4.78, 5) is 37.2. The van der Waals surface area contributed by atoms with Crippen LogP contribution in [0.3, 0.4) is 0 Å². The number of aromatic carboxylic acids is 1. The number of benzene rings is 3. The highest BCUT2D eigenvalue weighted by Gasteiger charge is 2.18. The van der Waals surface area contributed by atoms with E-state index in [-0.39, 0.29) is 22.6 Å². The Labute approximate surface area is 206 Å². The van der Waals surface area contributed by atoms with Crippen LogP contribution >= 0.6 is 0 Å². The number of para-hydroxylation sites is 1. The summed E-state index contributed by atoms with van der Waals surface area (Å²) in [5.41, 5.74) is 3.08. The Bertz CT molecular complexity index is 1780. The van der Waals surface area contributed by atoms with Crippen molar-refractivity contribution in [1.82, 2.24) is 4.57 Å². The lowest BCUT2D eigenvalue weighted by Gasteiger charge is -2.19. The fourth-order valence-electron chi connectivity index (χ4n) is 4.50. The standard InChI is InChI=1S/C29H24N2O5/c1-16-12-22(17(2)30-24-7-5-4-6-21(24)29(34)35)27-23(13-16)25(32)15-26(36-27)19-8-9-20-18(14-19)10-11-31(3)28(20)33/h4-15,17,30H,1-3H3,(H,34,35). The molecule has 2 N–H and O–H groups in total. The number of aromatic nitrogens is 1. The Hall–Kier alpha value is -4.65. The molecule has 36 heavy (non-hydrogen) atoms. The molecule has 0 radical (unpaired) electrons. The molecule has 0 saturated carbocycles. The Morgan fingerprint density at radius 1 is 1.00 bits per heavy atom. The van der Waals surface area contributed by atoms with E-state index in [1.54, 1.807) is 49.6 Å². The van der Waals surface area contributed by atoms with Gasteiger partial charge in [0.15, 0.2) is 5.43 Å². The molecule has 5 aromatic rings. The monoisotopic (exact) mass is 480 g/mol. The van der Waals surface area contributed by atoms with Crippen molar-refractivity contribution < 1.29 is 14.3 Å². The van der Waals surface area contributed by atoms with Crippen LogP contribution in [0.5, 0.6) is 0 Å². The maximum atomic E-state index is 13.2. The van der Waals surface area contributed by atoms with Crippen LogP contribution in [0.15, 0.2) is 86.9 Å². The molecular formula is C29H24N2O5. The number of nitrogens with one attached hydrogen (secondary N) is 1. The van der Waals surface area contributed by atoms with Crippen molar-refractivity contribution in [3.63, 3.8) is 0 Å². The number of hydrogen-bond donors (Lipinski definition) is 2.